The van der Waals surface area contributed by atoms with E-state index in [4.69, 9.17) is 50.8 Å². The maximum atomic E-state index is 12.4. The Morgan fingerprint density at radius 2 is 0.931 bits per heavy atom. The van der Waals surface area contributed by atoms with E-state index in [9.17, 15) is 44.3 Å². The molecule has 2 saturated heterocycles. The van der Waals surface area contributed by atoms with Crippen LogP contribution in [0.1, 0.15) is 66.2 Å². The van der Waals surface area contributed by atoms with Crippen molar-refractivity contribution in [3.63, 3.8) is 0 Å². The molecule has 13 unspecified atom stereocenters. The summed E-state index contributed by atoms with van der Waals surface area (Å²) in [5.74, 6) is -0.985. The van der Waals surface area contributed by atoms with Gasteiger partial charge in [-0.25, -0.2) is 0 Å². The summed E-state index contributed by atoms with van der Waals surface area (Å²) in [6.07, 6.45) is -5.62. The molecule has 2 rings (SSSR count). The SMILES string of the molecule is CC(C)OCCO[PH](=O)OC(CO[PH](=O)OCCCCCOC1OC(CO)C(O)C(O)C1C)CO[PH](=O)OCCCCCOC1OC(CO)C(O)C(O)C1C.[Y].[Y].[Y]. The van der Waals surface area contributed by atoms with E-state index < -0.39 is 105 Å². The van der Waals surface area contributed by atoms with Gasteiger partial charge in [0.05, 0.1) is 71.2 Å². The fourth-order valence-corrected chi connectivity index (χ4v) is 7.55. The van der Waals surface area contributed by atoms with Crippen molar-refractivity contribution in [1.82, 2.24) is 0 Å². The molecule has 0 spiro atoms. The fraction of sp³-hybridized carbons (Fsp3) is 1.00. The number of unbranched alkanes of at least 4 members (excludes halogenated alkanes) is 4. The molecule has 0 aromatic carbocycles. The minimum absolute atomic E-state index is 0. The van der Waals surface area contributed by atoms with E-state index in [1.54, 1.807) is 13.8 Å². The van der Waals surface area contributed by atoms with Crippen molar-refractivity contribution in [1.29, 1.82) is 0 Å². The first-order valence-electron chi connectivity index (χ1n) is 18.8. The molecule has 13 atom stereocenters. The quantitative estimate of drug-likeness (QED) is 0.0425. The normalized spacial score (nSPS) is 29.4. The number of aliphatic hydroxyl groups is 6. The van der Waals surface area contributed by atoms with Crippen molar-refractivity contribution in [2.24, 2.45) is 11.8 Å². The van der Waals surface area contributed by atoms with Gasteiger partial charge in [-0.15, -0.1) is 0 Å². The number of hydrogen-bond acceptors (Lipinski definition) is 20. The van der Waals surface area contributed by atoms with Crippen LogP contribution < -0.4 is 0 Å². The first-order valence-corrected chi connectivity index (χ1v) is 22.5. The molecule has 0 aliphatic carbocycles. The molecule has 0 aromatic heterocycles. The number of hydrogen-bond donors (Lipinski definition) is 6. The molecule has 2 aliphatic rings. The van der Waals surface area contributed by atoms with Crippen LogP contribution in [0.3, 0.4) is 0 Å². The van der Waals surface area contributed by atoms with Gasteiger partial charge in [0.1, 0.15) is 30.5 Å². The zero-order valence-electron chi connectivity index (χ0n) is 33.9. The molecule has 2 heterocycles. The van der Waals surface area contributed by atoms with Crippen LogP contribution in [0.4, 0.5) is 0 Å². The van der Waals surface area contributed by atoms with Crippen LogP contribution in [0.5, 0.6) is 0 Å². The van der Waals surface area contributed by atoms with E-state index in [0.29, 0.717) is 38.5 Å². The Bertz CT molecular complexity index is 1030. The van der Waals surface area contributed by atoms with Crippen LogP contribution in [0, 0.1) is 11.8 Å². The van der Waals surface area contributed by atoms with Crippen molar-refractivity contribution in [2.75, 3.05) is 66.1 Å². The van der Waals surface area contributed by atoms with Crippen LogP contribution in [-0.2, 0) is 163 Å². The minimum atomic E-state index is -3.05. The molecular formula is C32H65O20P3Y3. The molecule has 6 N–H and O–H groups in total. The zero-order valence-corrected chi connectivity index (χ0v) is 45.4. The summed E-state index contributed by atoms with van der Waals surface area (Å²) in [6, 6.07) is 0. The molecular weight excluding hydrogens is 1060 g/mol. The smallest absolute Gasteiger partial charge is 0.319 e. The topological polar surface area (TPSA) is 274 Å². The van der Waals surface area contributed by atoms with E-state index in [-0.39, 0.29) is 157 Å². The molecule has 337 valence electrons. The molecule has 2 fully saturated rings. The molecule has 2 aliphatic heterocycles. The Hall–Kier alpha value is 3.32. The Balaban J connectivity index is 0. The third-order valence-electron chi connectivity index (χ3n) is 8.75. The van der Waals surface area contributed by atoms with Gasteiger partial charge in [-0.05, 0) is 52.4 Å². The Morgan fingerprint density at radius 3 is 1.33 bits per heavy atom. The third-order valence-corrected chi connectivity index (χ3v) is 11.4. The summed E-state index contributed by atoms with van der Waals surface area (Å²) in [6.45, 7) is 6.39. The Labute approximate surface area is 419 Å². The summed E-state index contributed by atoms with van der Waals surface area (Å²) in [7, 11) is -9.03. The van der Waals surface area contributed by atoms with Crippen molar-refractivity contribution < 1.29 is 193 Å². The number of aliphatic hydroxyl groups excluding tert-OH is 6. The second-order valence-electron chi connectivity index (χ2n) is 13.6. The summed E-state index contributed by atoms with van der Waals surface area (Å²) in [5, 5.41) is 58.9. The molecule has 58 heavy (non-hydrogen) atoms. The van der Waals surface area contributed by atoms with Crippen LogP contribution in [0.25, 0.3) is 0 Å². The van der Waals surface area contributed by atoms with E-state index in [2.05, 4.69) is 0 Å². The summed E-state index contributed by atoms with van der Waals surface area (Å²) in [4.78, 5) is 0. The van der Waals surface area contributed by atoms with E-state index >= 15 is 0 Å². The average Bonchev–Trinajstić information content (AvgIpc) is 3.16. The van der Waals surface area contributed by atoms with Crippen molar-refractivity contribution >= 4 is 24.8 Å². The molecule has 3 radical (unpaired) electrons. The van der Waals surface area contributed by atoms with Crippen molar-refractivity contribution in [3.05, 3.63) is 0 Å². The van der Waals surface area contributed by atoms with Gasteiger partial charge in [-0.1, -0.05) is 13.8 Å². The fourth-order valence-electron chi connectivity index (χ4n) is 5.39. The van der Waals surface area contributed by atoms with E-state index in [1.807, 2.05) is 13.8 Å². The average molecular weight is 1130 g/mol. The second kappa shape index (κ2) is 37.4. The van der Waals surface area contributed by atoms with Gasteiger partial charge >= 0.3 is 24.8 Å². The van der Waals surface area contributed by atoms with E-state index in [1.165, 1.54) is 0 Å². The molecule has 26 heteroatoms. The van der Waals surface area contributed by atoms with Crippen LogP contribution in [0.15, 0.2) is 0 Å². The first-order chi connectivity index (χ1) is 26.3. The number of ether oxygens (including phenoxy) is 5. The van der Waals surface area contributed by atoms with Gasteiger partial charge in [0.2, 0.25) is 0 Å². The van der Waals surface area contributed by atoms with Gasteiger partial charge in [-0.2, -0.15) is 0 Å². The summed E-state index contributed by atoms with van der Waals surface area (Å²) < 4.78 is 96.6. The summed E-state index contributed by atoms with van der Waals surface area (Å²) >= 11 is 0. The maximum absolute atomic E-state index is 12.4. The minimum Gasteiger partial charge on any atom is -0.394 e. The van der Waals surface area contributed by atoms with Gasteiger partial charge in [0, 0.05) is 123 Å². The van der Waals surface area contributed by atoms with Gasteiger partial charge in [-0.3, -0.25) is 13.7 Å². The monoisotopic (exact) mass is 1130 g/mol. The maximum Gasteiger partial charge on any atom is 0.319 e. The predicted molar refractivity (Wildman–Crippen MR) is 196 cm³/mol. The molecule has 0 aromatic rings. The van der Waals surface area contributed by atoms with Gasteiger partial charge in [0.25, 0.3) is 0 Å². The van der Waals surface area contributed by atoms with Crippen molar-refractivity contribution in [2.45, 2.75) is 128 Å². The van der Waals surface area contributed by atoms with E-state index in [0.717, 1.165) is 0 Å². The molecule has 0 bridgehead atoms. The summed E-state index contributed by atoms with van der Waals surface area (Å²) in [5.41, 5.74) is 0. The predicted octanol–water partition coefficient (Wildman–Crippen LogP) is 1.57. The second-order valence-corrected chi connectivity index (χ2v) is 16.8. The van der Waals surface area contributed by atoms with Crippen LogP contribution >= 0.6 is 24.8 Å². The first kappa shape index (κ1) is 63.4. The van der Waals surface area contributed by atoms with Gasteiger partial charge in [0.15, 0.2) is 12.6 Å². The van der Waals surface area contributed by atoms with Gasteiger partial charge < -0.3 is 81.5 Å². The molecule has 0 saturated carbocycles. The van der Waals surface area contributed by atoms with Crippen molar-refractivity contribution in [3.8, 4) is 0 Å². The Kier molecular flexibility index (Phi) is 40.9. The van der Waals surface area contributed by atoms with Crippen LogP contribution in [0.2, 0.25) is 0 Å². The third kappa shape index (κ3) is 25.9. The van der Waals surface area contributed by atoms with Crippen LogP contribution in [-0.4, -0.2) is 158 Å². The Morgan fingerprint density at radius 1 is 0.534 bits per heavy atom. The number of rotatable bonds is 31. The standard InChI is InChI=1S/C32H65O20P3.3Y/c1-21(2)42-15-16-47-55(41)52-24(19-48-53(39)45-13-9-5-7-11-43-31-22(3)27(35)29(37)25(17-33)50-31)20-49-54(40)46-14-10-6-8-12-44-32-23(4)28(36)30(38)26(18-34)51-32;;;/h21-38,53-55H,5-20H2,1-4H3;;;. The largest absolute Gasteiger partial charge is 0.394 e. The molecule has 20 nitrogen and oxygen atoms in total. The molecule has 0 amide bonds. The zero-order chi connectivity index (χ0) is 40.8.